The summed E-state index contributed by atoms with van der Waals surface area (Å²) in [6.07, 6.45) is 5.28. The van der Waals surface area contributed by atoms with E-state index < -0.39 is 17.7 Å². The molecule has 1 N–H and O–H groups in total. The van der Waals surface area contributed by atoms with Crippen LogP contribution in [0.1, 0.15) is 50.8 Å². The lowest BCUT2D eigenvalue weighted by atomic mass is 9.96. The van der Waals surface area contributed by atoms with Gasteiger partial charge in [0.2, 0.25) is 0 Å². The zero-order chi connectivity index (χ0) is 23.8. The molecule has 33 heavy (non-hydrogen) atoms. The maximum absolute atomic E-state index is 13.1. The molecule has 1 aromatic heterocycles. The molecule has 0 bridgehead atoms. The Morgan fingerprint density at radius 3 is 2.45 bits per heavy atom. The molecule has 1 aliphatic heterocycles. The monoisotopic (exact) mass is 451 g/mol. The number of aliphatic hydroxyl groups is 1. The number of amides is 1. The van der Waals surface area contributed by atoms with Gasteiger partial charge < -0.3 is 19.6 Å². The number of ether oxygens (including phenoxy) is 1. The van der Waals surface area contributed by atoms with E-state index in [9.17, 15) is 14.7 Å². The number of likely N-dealkylation sites (N-methyl/N-ethyl adjacent to an activating group) is 1. The van der Waals surface area contributed by atoms with Gasteiger partial charge in [0.15, 0.2) is 0 Å². The van der Waals surface area contributed by atoms with Crippen molar-refractivity contribution in [2.24, 2.45) is 0 Å². The minimum absolute atomic E-state index is 0.0900. The van der Waals surface area contributed by atoms with Crippen molar-refractivity contribution in [3.8, 4) is 5.75 Å². The number of rotatable bonds is 11. The largest absolute Gasteiger partial charge is 0.507 e. The van der Waals surface area contributed by atoms with Gasteiger partial charge in [-0.3, -0.25) is 14.6 Å². The summed E-state index contributed by atoms with van der Waals surface area (Å²) in [5.74, 6) is -0.766. The molecule has 1 atom stereocenters. The first-order valence-electron chi connectivity index (χ1n) is 11.7. The molecule has 1 saturated heterocycles. The molecule has 3 rings (SSSR count). The van der Waals surface area contributed by atoms with E-state index in [0.29, 0.717) is 36.6 Å². The summed E-state index contributed by atoms with van der Waals surface area (Å²) < 4.78 is 5.69. The Morgan fingerprint density at radius 1 is 1.12 bits per heavy atom. The van der Waals surface area contributed by atoms with Gasteiger partial charge >= 0.3 is 0 Å². The molecule has 2 aromatic rings. The number of pyridine rings is 1. The Hall–Kier alpha value is -3.19. The summed E-state index contributed by atoms with van der Waals surface area (Å²) in [6.45, 7) is 9.57. The Kier molecular flexibility index (Phi) is 8.60. The van der Waals surface area contributed by atoms with E-state index in [-0.39, 0.29) is 11.3 Å². The van der Waals surface area contributed by atoms with Crippen LogP contribution in [0.2, 0.25) is 0 Å². The zero-order valence-electron chi connectivity index (χ0n) is 19.7. The van der Waals surface area contributed by atoms with E-state index >= 15 is 0 Å². The van der Waals surface area contributed by atoms with Gasteiger partial charge in [0.25, 0.3) is 11.7 Å². The lowest BCUT2D eigenvalue weighted by Crippen LogP contribution is -2.38. The molecule has 0 saturated carbocycles. The van der Waals surface area contributed by atoms with Crippen LogP contribution in [0.3, 0.4) is 0 Å². The van der Waals surface area contributed by atoms with Crippen LogP contribution in [0, 0.1) is 0 Å². The van der Waals surface area contributed by atoms with E-state index in [1.54, 1.807) is 47.6 Å². The molecule has 1 fully saturated rings. The van der Waals surface area contributed by atoms with E-state index in [0.717, 1.165) is 25.9 Å². The van der Waals surface area contributed by atoms with Crippen molar-refractivity contribution in [1.82, 2.24) is 14.8 Å². The fourth-order valence-corrected chi connectivity index (χ4v) is 3.98. The number of Topliss-reactive ketones (excluding diaryl/α,β-unsaturated/α-hetero) is 1. The molecule has 0 spiro atoms. The number of aromatic nitrogens is 1. The fraction of sp³-hybridized carbons (Fsp3) is 0.423. The second kappa shape index (κ2) is 11.6. The summed E-state index contributed by atoms with van der Waals surface area (Å²) in [5, 5.41) is 11.1. The SMILES string of the molecule is CCCCOc1ccc(/C(O)=C2\C(=O)C(=O)N(CCN(CC)CC)[C@H]2c2cccnc2)cc1. The Bertz CT molecular complexity index is 969. The number of carbonyl (C=O) groups is 2. The fourth-order valence-electron chi connectivity index (χ4n) is 3.98. The van der Waals surface area contributed by atoms with E-state index in [2.05, 4.69) is 30.7 Å². The highest BCUT2D eigenvalue weighted by Crippen LogP contribution is 2.39. The molecule has 0 unspecified atom stereocenters. The second-order valence-electron chi connectivity index (χ2n) is 8.03. The predicted molar refractivity (Wildman–Crippen MR) is 128 cm³/mol. The van der Waals surface area contributed by atoms with Crippen LogP contribution < -0.4 is 4.74 Å². The highest BCUT2D eigenvalue weighted by molar-refractivity contribution is 6.46. The first-order chi connectivity index (χ1) is 16.0. The van der Waals surface area contributed by atoms with Gasteiger partial charge in [0.05, 0.1) is 18.2 Å². The average Bonchev–Trinajstić information content (AvgIpc) is 3.10. The lowest BCUT2D eigenvalue weighted by Gasteiger charge is -2.28. The van der Waals surface area contributed by atoms with Crippen LogP contribution in [0.4, 0.5) is 0 Å². The summed E-state index contributed by atoms with van der Waals surface area (Å²) in [4.78, 5) is 34.0. The molecule has 1 aromatic carbocycles. The van der Waals surface area contributed by atoms with Gasteiger partial charge in [-0.1, -0.05) is 33.3 Å². The standard InChI is InChI=1S/C26H33N3O4/c1-4-7-17-33-21-12-10-19(11-13-21)24(30)22-23(20-9-8-14-27-18-20)29(26(32)25(22)31)16-15-28(5-2)6-3/h8-14,18,23,30H,4-7,15-17H2,1-3H3/b24-22+/t23-/m0/s1. The number of ketones is 1. The Balaban J connectivity index is 1.96. The molecule has 7 nitrogen and oxygen atoms in total. The van der Waals surface area contributed by atoms with E-state index in [1.165, 1.54) is 0 Å². The summed E-state index contributed by atoms with van der Waals surface area (Å²) >= 11 is 0. The number of unbranched alkanes of at least 4 members (excludes halogenated alkanes) is 1. The van der Waals surface area contributed by atoms with Crippen molar-refractivity contribution in [3.05, 3.63) is 65.5 Å². The molecule has 0 aliphatic carbocycles. The van der Waals surface area contributed by atoms with Gasteiger partial charge in [0.1, 0.15) is 11.5 Å². The summed E-state index contributed by atoms with van der Waals surface area (Å²) in [6, 6.07) is 9.85. The topological polar surface area (TPSA) is 83.0 Å². The number of aliphatic hydroxyl groups excluding tert-OH is 1. The van der Waals surface area contributed by atoms with Crippen LogP contribution in [-0.2, 0) is 9.59 Å². The first kappa shape index (κ1) is 24.5. The van der Waals surface area contributed by atoms with Crippen LogP contribution in [-0.4, -0.2) is 64.4 Å². The minimum atomic E-state index is -0.685. The molecular formula is C26H33N3O4. The maximum atomic E-state index is 13.1. The summed E-state index contributed by atoms with van der Waals surface area (Å²) in [7, 11) is 0. The number of hydrogen-bond donors (Lipinski definition) is 1. The maximum Gasteiger partial charge on any atom is 0.295 e. The highest BCUT2D eigenvalue weighted by Gasteiger charge is 2.46. The number of likely N-dealkylation sites (tertiary alicyclic amines) is 1. The van der Waals surface area contributed by atoms with Crippen molar-refractivity contribution in [3.63, 3.8) is 0 Å². The number of nitrogens with zero attached hydrogens (tertiary/aromatic N) is 3. The van der Waals surface area contributed by atoms with E-state index in [4.69, 9.17) is 4.74 Å². The Morgan fingerprint density at radius 2 is 1.85 bits per heavy atom. The first-order valence-corrected chi connectivity index (χ1v) is 11.7. The van der Waals surface area contributed by atoms with Crippen molar-refractivity contribution in [2.45, 2.75) is 39.7 Å². The molecule has 2 heterocycles. The second-order valence-corrected chi connectivity index (χ2v) is 8.03. The lowest BCUT2D eigenvalue weighted by molar-refractivity contribution is -0.140. The molecule has 1 aliphatic rings. The number of benzene rings is 1. The normalized spacial score (nSPS) is 17.7. The van der Waals surface area contributed by atoms with Gasteiger partial charge in [-0.05, 0) is 55.4 Å². The molecule has 176 valence electrons. The van der Waals surface area contributed by atoms with Crippen molar-refractivity contribution in [2.75, 3.05) is 32.8 Å². The van der Waals surface area contributed by atoms with Crippen molar-refractivity contribution in [1.29, 1.82) is 0 Å². The third kappa shape index (κ3) is 5.60. The smallest absolute Gasteiger partial charge is 0.295 e. The third-order valence-electron chi connectivity index (χ3n) is 5.99. The summed E-state index contributed by atoms with van der Waals surface area (Å²) in [5.41, 5.74) is 1.25. The van der Waals surface area contributed by atoms with Crippen LogP contribution in [0.5, 0.6) is 5.75 Å². The number of hydrogen-bond acceptors (Lipinski definition) is 6. The van der Waals surface area contributed by atoms with Gasteiger partial charge in [-0.2, -0.15) is 0 Å². The molecule has 1 amide bonds. The molecule has 0 radical (unpaired) electrons. The van der Waals surface area contributed by atoms with Crippen molar-refractivity contribution < 1.29 is 19.4 Å². The van der Waals surface area contributed by atoms with Gasteiger partial charge in [-0.15, -0.1) is 0 Å². The quantitative estimate of drug-likeness (QED) is 0.240. The van der Waals surface area contributed by atoms with Crippen molar-refractivity contribution >= 4 is 17.4 Å². The zero-order valence-corrected chi connectivity index (χ0v) is 19.7. The van der Waals surface area contributed by atoms with Gasteiger partial charge in [-0.25, -0.2) is 0 Å². The minimum Gasteiger partial charge on any atom is -0.507 e. The number of carbonyl (C=O) groups excluding carboxylic acids is 2. The molecular weight excluding hydrogens is 418 g/mol. The van der Waals surface area contributed by atoms with E-state index in [1.807, 2.05) is 6.07 Å². The van der Waals surface area contributed by atoms with Crippen LogP contribution >= 0.6 is 0 Å². The van der Waals surface area contributed by atoms with Gasteiger partial charge in [0, 0.05) is 31.0 Å². The van der Waals surface area contributed by atoms with Crippen LogP contribution in [0.25, 0.3) is 5.76 Å². The average molecular weight is 452 g/mol. The van der Waals surface area contributed by atoms with Crippen LogP contribution in [0.15, 0.2) is 54.4 Å². The third-order valence-corrected chi connectivity index (χ3v) is 5.99. The predicted octanol–water partition coefficient (Wildman–Crippen LogP) is 4.02. The molecule has 7 heteroatoms. The Labute approximate surface area is 195 Å². The highest BCUT2D eigenvalue weighted by atomic mass is 16.5.